The highest BCUT2D eigenvalue weighted by molar-refractivity contribution is 5.94. The molecular weight excluding hydrogens is 381 g/mol. The number of hydrogen-bond donors (Lipinski definition) is 0. The van der Waals surface area contributed by atoms with Crippen LogP contribution in [0.15, 0.2) is 42.5 Å². The molecule has 1 aliphatic carbocycles. The zero-order chi connectivity index (χ0) is 21.3. The first kappa shape index (κ1) is 20.3. The summed E-state index contributed by atoms with van der Waals surface area (Å²) in [6, 6.07) is 11.9. The van der Waals surface area contributed by atoms with Crippen molar-refractivity contribution in [1.29, 1.82) is 0 Å². The number of carbonyl (C=O) groups is 1. The van der Waals surface area contributed by atoms with Crippen LogP contribution in [0.25, 0.3) is 22.3 Å². The number of benzene rings is 2. The Morgan fingerprint density at radius 1 is 1.03 bits per heavy atom. The topological polar surface area (TPSA) is 55.3 Å². The molecule has 0 spiro atoms. The number of rotatable bonds is 4. The molecule has 0 saturated heterocycles. The molecule has 1 aliphatic rings. The van der Waals surface area contributed by atoms with Crippen LogP contribution in [0.3, 0.4) is 0 Å². The SMILES string of the molecule is COC(=O)c1ccc2nc(-c3ccc(F)cc3)c(N(C)[C@H]3CC[C@H](C)CC3)nc2c1. The van der Waals surface area contributed by atoms with Gasteiger partial charge in [0.15, 0.2) is 5.82 Å². The van der Waals surface area contributed by atoms with E-state index in [0.717, 1.165) is 35.8 Å². The number of fused-ring (bicyclic) bond motifs is 1. The van der Waals surface area contributed by atoms with Crippen LogP contribution in [0.2, 0.25) is 0 Å². The molecule has 156 valence electrons. The fraction of sp³-hybridized carbons (Fsp3) is 0.375. The number of nitrogens with zero attached hydrogens (tertiary/aromatic N) is 3. The maximum Gasteiger partial charge on any atom is 0.337 e. The first-order valence-corrected chi connectivity index (χ1v) is 10.3. The standard InChI is InChI=1S/C24H26FN3O2/c1-15-4-11-19(12-5-15)28(2)23-22(16-6-9-18(25)10-7-16)26-20-13-8-17(24(29)30-3)14-21(20)27-23/h6-10,13-15,19H,4-5,11-12H2,1-3H3/t15-,19-. The zero-order valence-electron chi connectivity index (χ0n) is 17.6. The molecule has 5 nitrogen and oxygen atoms in total. The monoisotopic (exact) mass is 407 g/mol. The minimum atomic E-state index is -0.405. The predicted molar refractivity (Wildman–Crippen MR) is 116 cm³/mol. The molecular formula is C24H26FN3O2. The van der Waals surface area contributed by atoms with Gasteiger partial charge in [0.1, 0.15) is 11.5 Å². The first-order valence-electron chi connectivity index (χ1n) is 10.3. The van der Waals surface area contributed by atoms with E-state index in [1.165, 1.54) is 32.1 Å². The van der Waals surface area contributed by atoms with Gasteiger partial charge in [-0.2, -0.15) is 0 Å². The van der Waals surface area contributed by atoms with Crippen molar-refractivity contribution in [1.82, 2.24) is 9.97 Å². The van der Waals surface area contributed by atoms with Crippen LogP contribution in [-0.4, -0.2) is 36.1 Å². The number of carbonyl (C=O) groups excluding carboxylic acids is 1. The third-order valence-electron chi connectivity index (χ3n) is 6.05. The quantitative estimate of drug-likeness (QED) is 0.554. The minimum absolute atomic E-state index is 0.286. The van der Waals surface area contributed by atoms with E-state index >= 15 is 0 Å². The fourth-order valence-corrected chi connectivity index (χ4v) is 4.14. The number of ether oxygens (including phenoxy) is 1. The highest BCUT2D eigenvalue weighted by Gasteiger charge is 2.25. The van der Waals surface area contributed by atoms with E-state index in [2.05, 4.69) is 11.8 Å². The maximum atomic E-state index is 13.5. The lowest BCUT2D eigenvalue weighted by Gasteiger charge is -2.35. The van der Waals surface area contributed by atoms with Crippen LogP contribution in [-0.2, 0) is 4.74 Å². The van der Waals surface area contributed by atoms with E-state index in [4.69, 9.17) is 14.7 Å². The Labute approximate surface area is 175 Å². The molecule has 0 amide bonds. The van der Waals surface area contributed by atoms with Crippen molar-refractivity contribution >= 4 is 22.8 Å². The summed E-state index contributed by atoms with van der Waals surface area (Å²) in [5.41, 5.74) is 3.28. The molecule has 0 radical (unpaired) electrons. The van der Waals surface area contributed by atoms with E-state index in [1.54, 1.807) is 30.3 Å². The first-order chi connectivity index (χ1) is 14.5. The molecule has 6 heteroatoms. The number of hydrogen-bond acceptors (Lipinski definition) is 5. The zero-order valence-corrected chi connectivity index (χ0v) is 17.6. The Balaban J connectivity index is 1.83. The molecule has 3 aromatic rings. The maximum absolute atomic E-state index is 13.5. The molecule has 1 saturated carbocycles. The second kappa shape index (κ2) is 8.38. The third-order valence-corrected chi connectivity index (χ3v) is 6.05. The van der Waals surface area contributed by atoms with Crippen LogP contribution in [0, 0.1) is 11.7 Å². The molecule has 0 atom stereocenters. The van der Waals surface area contributed by atoms with Crippen molar-refractivity contribution in [2.24, 2.45) is 5.92 Å². The van der Waals surface area contributed by atoms with Crippen LogP contribution in [0.4, 0.5) is 10.2 Å². The lowest BCUT2D eigenvalue weighted by atomic mass is 9.86. The fourth-order valence-electron chi connectivity index (χ4n) is 4.14. The van der Waals surface area contributed by atoms with Crippen molar-refractivity contribution in [3.05, 3.63) is 53.8 Å². The van der Waals surface area contributed by atoms with Gasteiger partial charge in [-0.3, -0.25) is 0 Å². The van der Waals surface area contributed by atoms with Gasteiger partial charge in [-0.15, -0.1) is 0 Å². The lowest BCUT2D eigenvalue weighted by molar-refractivity contribution is 0.0601. The van der Waals surface area contributed by atoms with Crippen LogP contribution in [0.5, 0.6) is 0 Å². The Bertz CT molecular complexity index is 1060. The largest absolute Gasteiger partial charge is 0.465 e. The number of esters is 1. The van der Waals surface area contributed by atoms with Gasteiger partial charge in [-0.25, -0.2) is 19.2 Å². The highest BCUT2D eigenvalue weighted by Crippen LogP contribution is 2.34. The predicted octanol–water partition coefficient (Wildman–Crippen LogP) is 5.24. The van der Waals surface area contributed by atoms with Gasteiger partial charge < -0.3 is 9.64 Å². The normalized spacial score (nSPS) is 18.9. The average molecular weight is 407 g/mol. The van der Waals surface area contributed by atoms with E-state index in [9.17, 15) is 9.18 Å². The number of methoxy groups -OCH3 is 1. The Morgan fingerprint density at radius 2 is 1.73 bits per heavy atom. The van der Waals surface area contributed by atoms with E-state index in [0.29, 0.717) is 22.6 Å². The second-order valence-electron chi connectivity index (χ2n) is 8.12. The Hall–Kier alpha value is -3.02. The summed E-state index contributed by atoms with van der Waals surface area (Å²) < 4.78 is 18.3. The van der Waals surface area contributed by atoms with Crippen molar-refractivity contribution in [3.8, 4) is 11.3 Å². The van der Waals surface area contributed by atoms with E-state index in [-0.39, 0.29) is 5.82 Å². The summed E-state index contributed by atoms with van der Waals surface area (Å²) in [4.78, 5) is 23.9. The molecule has 0 bridgehead atoms. The molecule has 30 heavy (non-hydrogen) atoms. The van der Waals surface area contributed by atoms with Crippen molar-refractivity contribution in [2.75, 3.05) is 19.1 Å². The van der Waals surface area contributed by atoms with Gasteiger partial charge in [-0.1, -0.05) is 6.92 Å². The van der Waals surface area contributed by atoms with Gasteiger partial charge in [0.2, 0.25) is 0 Å². The van der Waals surface area contributed by atoms with Crippen molar-refractivity contribution in [3.63, 3.8) is 0 Å². The molecule has 1 fully saturated rings. The van der Waals surface area contributed by atoms with Crippen LogP contribution >= 0.6 is 0 Å². The lowest BCUT2D eigenvalue weighted by Crippen LogP contribution is -2.35. The van der Waals surface area contributed by atoms with Gasteiger partial charge in [0, 0.05) is 18.7 Å². The minimum Gasteiger partial charge on any atom is -0.465 e. The summed E-state index contributed by atoms with van der Waals surface area (Å²) in [6.07, 6.45) is 4.58. The summed E-state index contributed by atoms with van der Waals surface area (Å²) >= 11 is 0. The van der Waals surface area contributed by atoms with E-state index in [1.807, 2.05) is 7.05 Å². The molecule has 1 heterocycles. The summed E-state index contributed by atoms with van der Waals surface area (Å²) in [5.74, 6) is 0.802. The van der Waals surface area contributed by atoms with Gasteiger partial charge >= 0.3 is 5.97 Å². The molecule has 2 aromatic carbocycles. The van der Waals surface area contributed by atoms with Gasteiger partial charge in [0.05, 0.1) is 23.7 Å². The summed E-state index contributed by atoms with van der Waals surface area (Å²) in [6.45, 7) is 2.30. The highest BCUT2D eigenvalue weighted by atomic mass is 19.1. The molecule has 1 aromatic heterocycles. The average Bonchev–Trinajstić information content (AvgIpc) is 2.78. The number of halogens is 1. The number of anilines is 1. The Kier molecular flexibility index (Phi) is 5.66. The third kappa shape index (κ3) is 3.99. The smallest absolute Gasteiger partial charge is 0.337 e. The molecule has 0 N–H and O–H groups in total. The number of aromatic nitrogens is 2. The Morgan fingerprint density at radius 3 is 2.40 bits per heavy atom. The van der Waals surface area contributed by atoms with Gasteiger partial charge in [0.25, 0.3) is 0 Å². The van der Waals surface area contributed by atoms with Gasteiger partial charge in [-0.05, 0) is 74.1 Å². The van der Waals surface area contributed by atoms with Crippen LogP contribution in [0.1, 0.15) is 43.0 Å². The van der Waals surface area contributed by atoms with Crippen molar-refractivity contribution < 1.29 is 13.9 Å². The van der Waals surface area contributed by atoms with E-state index < -0.39 is 5.97 Å². The van der Waals surface area contributed by atoms with Crippen LogP contribution < -0.4 is 4.90 Å². The van der Waals surface area contributed by atoms with Crippen molar-refractivity contribution in [2.45, 2.75) is 38.6 Å². The molecule has 0 unspecified atom stereocenters. The molecule has 4 rings (SSSR count). The molecule has 0 aliphatic heterocycles. The summed E-state index contributed by atoms with van der Waals surface area (Å²) in [7, 11) is 3.41. The second-order valence-corrected chi connectivity index (χ2v) is 8.12. The summed E-state index contributed by atoms with van der Waals surface area (Å²) in [5, 5.41) is 0.